The summed E-state index contributed by atoms with van der Waals surface area (Å²) in [6, 6.07) is 28.4. The van der Waals surface area contributed by atoms with Gasteiger partial charge in [0.15, 0.2) is 6.20 Å². The summed E-state index contributed by atoms with van der Waals surface area (Å²) in [6.07, 6.45) is 2.16. The molecule has 0 saturated carbocycles. The maximum absolute atomic E-state index is 8.23. The van der Waals surface area contributed by atoms with Gasteiger partial charge < -0.3 is 4.57 Å². The van der Waals surface area contributed by atoms with Crippen molar-refractivity contribution in [2.75, 3.05) is 0 Å². The minimum absolute atomic E-state index is 0.525. The summed E-state index contributed by atoms with van der Waals surface area (Å²) in [6.45, 7) is 6.58. The number of rotatable bonds is 2. The Bertz CT molecular complexity index is 1760. The molecule has 6 aromatic rings. The summed E-state index contributed by atoms with van der Waals surface area (Å²) in [4.78, 5) is 0. The highest BCUT2D eigenvalue weighted by molar-refractivity contribution is 6.09. The first-order chi connectivity index (χ1) is 16.4. The first-order valence-electron chi connectivity index (χ1n) is 11.9. The van der Waals surface area contributed by atoms with Gasteiger partial charge in [-0.15, -0.1) is 0 Å². The van der Waals surface area contributed by atoms with Gasteiger partial charge in [0.05, 0.1) is 23.4 Å². The Kier molecular flexibility index (Phi) is 4.13. The SMILES string of the molecule is [2H]c1ccc2c3ccccc3n(-c3ccc4c(-c5cc(C)cc(C)c5C)[n+](C)ccc4c3)c2c1. The third-order valence-electron chi connectivity index (χ3n) is 6.96. The van der Waals surface area contributed by atoms with Gasteiger partial charge in [-0.25, -0.2) is 4.57 Å². The van der Waals surface area contributed by atoms with Crippen molar-refractivity contribution in [2.45, 2.75) is 20.8 Å². The molecule has 0 atom stereocenters. The minimum Gasteiger partial charge on any atom is -0.309 e. The van der Waals surface area contributed by atoms with Crippen LogP contribution in [0.5, 0.6) is 0 Å². The maximum Gasteiger partial charge on any atom is 0.220 e. The minimum atomic E-state index is 0.525. The van der Waals surface area contributed by atoms with Crippen molar-refractivity contribution in [2.24, 2.45) is 7.05 Å². The third kappa shape index (κ3) is 2.98. The lowest BCUT2D eigenvalue weighted by Crippen LogP contribution is -2.30. The fourth-order valence-electron chi connectivity index (χ4n) is 5.26. The summed E-state index contributed by atoms with van der Waals surface area (Å²) < 4.78 is 12.7. The smallest absolute Gasteiger partial charge is 0.220 e. The number of hydrogen-bond donors (Lipinski definition) is 0. The number of hydrogen-bond acceptors (Lipinski definition) is 0. The Morgan fingerprint density at radius 2 is 1.52 bits per heavy atom. The van der Waals surface area contributed by atoms with Crippen molar-refractivity contribution in [3.63, 3.8) is 0 Å². The van der Waals surface area contributed by atoms with E-state index in [4.69, 9.17) is 1.37 Å². The summed E-state index contributed by atoms with van der Waals surface area (Å²) in [5.41, 5.74) is 9.79. The van der Waals surface area contributed by atoms with E-state index in [2.05, 4.69) is 110 Å². The van der Waals surface area contributed by atoms with Crippen molar-refractivity contribution in [3.05, 3.63) is 108 Å². The van der Waals surface area contributed by atoms with E-state index in [0.717, 1.165) is 16.7 Å². The van der Waals surface area contributed by atoms with Gasteiger partial charge in [-0.05, 0) is 73.7 Å². The molecule has 160 valence electrons. The van der Waals surface area contributed by atoms with Crippen LogP contribution in [0.15, 0.2) is 91.1 Å². The second-order valence-electron chi connectivity index (χ2n) is 9.10. The van der Waals surface area contributed by atoms with Gasteiger partial charge in [0.1, 0.15) is 7.05 Å². The van der Waals surface area contributed by atoms with Gasteiger partial charge >= 0.3 is 0 Å². The van der Waals surface area contributed by atoms with E-state index in [1.165, 1.54) is 49.5 Å². The molecule has 2 heterocycles. The standard InChI is InChI=1S/C31H27N2/c1-20-17-21(2)22(3)28(18-20)31-25-14-13-24(19-23(25)15-16-32(31)4)33-29-11-7-5-9-26(29)27-10-6-8-12-30(27)33/h5-19H,1-4H3/q+1/i7D. The number of pyridine rings is 1. The zero-order valence-corrected chi connectivity index (χ0v) is 19.5. The molecule has 0 saturated heterocycles. The van der Waals surface area contributed by atoms with Crippen LogP contribution < -0.4 is 4.57 Å². The van der Waals surface area contributed by atoms with Crippen LogP contribution in [-0.4, -0.2) is 4.57 Å². The molecule has 0 unspecified atom stereocenters. The van der Waals surface area contributed by atoms with Crippen LogP contribution in [-0.2, 0) is 7.05 Å². The lowest BCUT2D eigenvalue weighted by Gasteiger charge is -2.13. The molecule has 0 bridgehead atoms. The van der Waals surface area contributed by atoms with Gasteiger partial charge in [0, 0.05) is 22.5 Å². The predicted octanol–water partition coefficient (Wildman–Crippen LogP) is 7.35. The number of para-hydroxylation sites is 2. The monoisotopic (exact) mass is 428 g/mol. The van der Waals surface area contributed by atoms with Gasteiger partial charge in [-0.2, -0.15) is 0 Å². The molecule has 2 heteroatoms. The molecule has 0 radical (unpaired) electrons. The zero-order valence-electron chi connectivity index (χ0n) is 20.5. The molecule has 2 aromatic heterocycles. The van der Waals surface area contributed by atoms with Crippen LogP contribution in [0.1, 0.15) is 18.1 Å². The van der Waals surface area contributed by atoms with E-state index in [9.17, 15) is 0 Å². The topological polar surface area (TPSA) is 8.81 Å². The summed E-state index contributed by atoms with van der Waals surface area (Å²) in [5, 5.41) is 4.84. The summed E-state index contributed by atoms with van der Waals surface area (Å²) >= 11 is 0. The molecule has 0 N–H and O–H groups in total. The fourth-order valence-corrected chi connectivity index (χ4v) is 5.26. The van der Waals surface area contributed by atoms with Crippen LogP contribution >= 0.6 is 0 Å². The Hall–Kier alpha value is -3.91. The predicted molar refractivity (Wildman–Crippen MR) is 139 cm³/mol. The zero-order chi connectivity index (χ0) is 23.6. The number of fused-ring (bicyclic) bond motifs is 4. The van der Waals surface area contributed by atoms with Crippen LogP contribution in [0, 0.1) is 20.8 Å². The Balaban J connectivity index is 1.65. The van der Waals surface area contributed by atoms with Gasteiger partial charge in [-0.3, -0.25) is 0 Å². The number of aromatic nitrogens is 2. The molecule has 6 rings (SSSR count). The number of benzene rings is 4. The van der Waals surface area contributed by atoms with Crippen LogP contribution in [0.25, 0.3) is 49.5 Å². The van der Waals surface area contributed by atoms with E-state index in [0.29, 0.717) is 6.04 Å². The van der Waals surface area contributed by atoms with Crippen molar-refractivity contribution in [1.29, 1.82) is 0 Å². The molecule has 0 aliphatic heterocycles. The van der Waals surface area contributed by atoms with Crippen molar-refractivity contribution in [3.8, 4) is 16.9 Å². The van der Waals surface area contributed by atoms with Crippen molar-refractivity contribution < 1.29 is 5.94 Å². The van der Waals surface area contributed by atoms with E-state index < -0.39 is 0 Å². The highest BCUT2D eigenvalue weighted by Gasteiger charge is 2.19. The first-order valence-corrected chi connectivity index (χ1v) is 11.4. The third-order valence-corrected chi connectivity index (χ3v) is 6.96. The molecule has 33 heavy (non-hydrogen) atoms. The quantitative estimate of drug-likeness (QED) is 0.255. The van der Waals surface area contributed by atoms with Crippen molar-refractivity contribution in [1.82, 2.24) is 4.57 Å². The molecule has 2 nitrogen and oxygen atoms in total. The Morgan fingerprint density at radius 1 is 0.758 bits per heavy atom. The normalized spacial score (nSPS) is 12.1. The largest absolute Gasteiger partial charge is 0.309 e. The molecule has 0 fully saturated rings. The fraction of sp³-hybridized carbons (Fsp3) is 0.129. The molecule has 0 amide bonds. The molecule has 4 aromatic carbocycles. The van der Waals surface area contributed by atoms with Gasteiger partial charge in [-0.1, -0.05) is 48.0 Å². The second kappa shape index (κ2) is 7.31. The summed E-state index contributed by atoms with van der Waals surface area (Å²) in [5.74, 6) is 0. The molecule has 0 aliphatic carbocycles. The number of nitrogens with zero attached hydrogens (tertiary/aromatic N) is 2. The highest BCUT2D eigenvalue weighted by atomic mass is 15.0. The van der Waals surface area contributed by atoms with E-state index >= 15 is 0 Å². The van der Waals surface area contributed by atoms with Gasteiger partial charge in [0.2, 0.25) is 5.69 Å². The van der Waals surface area contributed by atoms with Crippen molar-refractivity contribution >= 4 is 32.6 Å². The molecular weight excluding hydrogens is 400 g/mol. The average Bonchev–Trinajstić information content (AvgIpc) is 3.14. The highest BCUT2D eigenvalue weighted by Crippen LogP contribution is 2.35. The van der Waals surface area contributed by atoms with Crippen LogP contribution in [0.4, 0.5) is 0 Å². The maximum atomic E-state index is 8.23. The lowest BCUT2D eigenvalue weighted by atomic mass is 9.94. The molecule has 0 spiro atoms. The lowest BCUT2D eigenvalue weighted by molar-refractivity contribution is -0.659. The van der Waals surface area contributed by atoms with Crippen LogP contribution in [0.3, 0.4) is 0 Å². The molecular formula is C31H27N2+. The van der Waals surface area contributed by atoms with Crippen LogP contribution in [0.2, 0.25) is 0 Å². The second-order valence-corrected chi connectivity index (χ2v) is 9.10. The van der Waals surface area contributed by atoms with E-state index in [1.54, 1.807) is 0 Å². The van der Waals surface area contributed by atoms with E-state index in [-0.39, 0.29) is 0 Å². The Labute approximate surface area is 195 Å². The average molecular weight is 429 g/mol. The molecule has 0 aliphatic rings. The number of aryl methyl sites for hydroxylation is 3. The summed E-state index contributed by atoms with van der Waals surface area (Å²) in [7, 11) is 2.13. The van der Waals surface area contributed by atoms with E-state index in [1.807, 2.05) is 12.1 Å². The first kappa shape index (κ1) is 18.6. The Morgan fingerprint density at radius 3 is 2.36 bits per heavy atom. The van der Waals surface area contributed by atoms with Gasteiger partial charge in [0.25, 0.3) is 0 Å².